The maximum Gasteiger partial charge on any atom is 0.255 e. The number of aromatic nitrogens is 3. The van der Waals surface area contributed by atoms with Gasteiger partial charge in [0.25, 0.3) is 5.91 Å². The number of carbonyl (C=O) groups is 1. The van der Waals surface area contributed by atoms with Gasteiger partial charge in [0, 0.05) is 42.3 Å². The molecule has 6 heteroatoms. The van der Waals surface area contributed by atoms with Crippen LogP contribution in [-0.4, -0.2) is 31.9 Å². The molecule has 3 rings (SSSR count). The largest absolute Gasteiger partial charge is 0.332 e. The van der Waals surface area contributed by atoms with Crippen LogP contribution in [0.3, 0.4) is 0 Å². The number of pyridine rings is 1. The van der Waals surface area contributed by atoms with Crippen LogP contribution in [0.2, 0.25) is 0 Å². The predicted octanol–water partition coefficient (Wildman–Crippen LogP) is 1.70. The first kappa shape index (κ1) is 11.4. The third kappa shape index (κ3) is 2.03. The lowest BCUT2D eigenvalue weighted by molar-refractivity contribution is 0.0707. The van der Waals surface area contributed by atoms with E-state index in [0.717, 1.165) is 16.8 Å². The van der Waals surface area contributed by atoms with E-state index in [4.69, 9.17) is 0 Å². The molecule has 0 aliphatic carbocycles. The van der Waals surface area contributed by atoms with Crippen molar-refractivity contribution in [2.45, 2.75) is 13.1 Å². The fourth-order valence-corrected chi connectivity index (χ4v) is 2.42. The van der Waals surface area contributed by atoms with Gasteiger partial charge in [-0.25, -0.2) is 4.98 Å². The third-order valence-electron chi connectivity index (χ3n) is 2.98. The minimum absolute atomic E-state index is 0.00181. The Balaban J connectivity index is 1.83. The quantitative estimate of drug-likeness (QED) is 0.806. The van der Waals surface area contributed by atoms with E-state index in [1.807, 2.05) is 6.20 Å². The summed E-state index contributed by atoms with van der Waals surface area (Å²) in [6.45, 7) is 2.05. The molecule has 1 aliphatic heterocycles. The summed E-state index contributed by atoms with van der Waals surface area (Å²) in [5, 5.41) is 0. The second-order valence-corrected chi connectivity index (χ2v) is 5.07. The molecule has 0 bridgehead atoms. The Morgan fingerprint density at radius 2 is 2.22 bits per heavy atom. The van der Waals surface area contributed by atoms with Crippen molar-refractivity contribution in [2.24, 2.45) is 0 Å². The molecule has 0 N–H and O–H groups in total. The Bertz CT molecular complexity index is 595. The van der Waals surface area contributed by atoms with Crippen molar-refractivity contribution in [3.05, 3.63) is 46.7 Å². The highest BCUT2D eigenvalue weighted by Crippen LogP contribution is 2.16. The topological polar surface area (TPSA) is 51.0 Å². The van der Waals surface area contributed by atoms with Crippen LogP contribution >= 0.6 is 15.9 Å². The van der Waals surface area contributed by atoms with Gasteiger partial charge in [0.15, 0.2) is 0 Å². The van der Waals surface area contributed by atoms with Crippen molar-refractivity contribution in [1.82, 2.24) is 19.4 Å². The van der Waals surface area contributed by atoms with E-state index in [1.54, 1.807) is 29.6 Å². The van der Waals surface area contributed by atoms with E-state index in [-0.39, 0.29) is 5.91 Å². The molecule has 5 nitrogen and oxygen atoms in total. The fourth-order valence-electron chi connectivity index (χ4n) is 2.06. The Hall–Kier alpha value is -1.69. The lowest BCUT2D eigenvalue weighted by atomic mass is 10.2. The van der Waals surface area contributed by atoms with Crippen molar-refractivity contribution < 1.29 is 4.79 Å². The number of hydrogen-bond acceptors (Lipinski definition) is 3. The summed E-state index contributed by atoms with van der Waals surface area (Å²) >= 11 is 3.32. The van der Waals surface area contributed by atoms with Gasteiger partial charge in [-0.3, -0.25) is 9.78 Å². The van der Waals surface area contributed by atoms with Crippen LogP contribution in [0, 0.1) is 0 Å². The van der Waals surface area contributed by atoms with Crippen LogP contribution in [-0.2, 0) is 13.1 Å². The molecule has 0 saturated carbocycles. The Kier molecular flexibility index (Phi) is 2.87. The lowest BCUT2D eigenvalue weighted by Crippen LogP contribution is -2.38. The van der Waals surface area contributed by atoms with Crippen molar-refractivity contribution in [3.8, 4) is 0 Å². The highest BCUT2D eigenvalue weighted by Gasteiger charge is 2.22. The minimum Gasteiger partial charge on any atom is -0.332 e. The van der Waals surface area contributed by atoms with Crippen molar-refractivity contribution in [2.75, 3.05) is 6.54 Å². The number of fused-ring (bicyclic) bond motifs is 1. The number of carbonyl (C=O) groups excluding carboxylic acids is 1. The van der Waals surface area contributed by atoms with Gasteiger partial charge >= 0.3 is 0 Å². The first-order valence-electron chi connectivity index (χ1n) is 5.64. The second-order valence-electron chi connectivity index (χ2n) is 4.16. The van der Waals surface area contributed by atoms with Gasteiger partial charge in [-0.1, -0.05) is 0 Å². The molecule has 0 atom stereocenters. The molecule has 2 aromatic heterocycles. The summed E-state index contributed by atoms with van der Waals surface area (Å²) in [5.74, 6) is 0.926. The molecule has 0 aromatic carbocycles. The average molecular weight is 307 g/mol. The summed E-state index contributed by atoms with van der Waals surface area (Å²) in [5.41, 5.74) is 0.601. The van der Waals surface area contributed by atoms with Crippen LogP contribution in [0.4, 0.5) is 0 Å². The van der Waals surface area contributed by atoms with Gasteiger partial charge in [-0.2, -0.15) is 0 Å². The smallest absolute Gasteiger partial charge is 0.255 e. The standard InChI is InChI=1S/C12H11BrN4O/c13-10-5-9(6-14-7-10)12(18)17-4-3-16-2-1-15-11(16)8-17/h1-2,5-7H,3-4,8H2. The van der Waals surface area contributed by atoms with Gasteiger partial charge in [-0.05, 0) is 22.0 Å². The number of rotatable bonds is 1. The summed E-state index contributed by atoms with van der Waals surface area (Å²) in [7, 11) is 0. The lowest BCUT2D eigenvalue weighted by Gasteiger charge is -2.27. The molecular formula is C12H11BrN4O. The van der Waals surface area contributed by atoms with Gasteiger partial charge in [0.05, 0.1) is 12.1 Å². The molecule has 0 fully saturated rings. The molecule has 0 spiro atoms. The molecule has 2 aromatic rings. The number of imidazole rings is 1. The van der Waals surface area contributed by atoms with E-state index in [1.165, 1.54) is 0 Å². The highest BCUT2D eigenvalue weighted by atomic mass is 79.9. The predicted molar refractivity (Wildman–Crippen MR) is 68.9 cm³/mol. The zero-order chi connectivity index (χ0) is 12.5. The van der Waals surface area contributed by atoms with E-state index in [9.17, 15) is 4.79 Å². The summed E-state index contributed by atoms with van der Waals surface area (Å²) in [4.78, 5) is 22.4. The van der Waals surface area contributed by atoms with E-state index < -0.39 is 0 Å². The molecule has 0 radical (unpaired) electrons. The van der Waals surface area contributed by atoms with E-state index >= 15 is 0 Å². The maximum atomic E-state index is 12.3. The molecule has 18 heavy (non-hydrogen) atoms. The van der Waals surface area contributed by atoms with Crippen LogP contribution in [0.15, 0.2) is 35.3 Å². The van der Waals surface area contributed by atoms with E-state index in [0.29, 0.717) is 18.7 Å². The fraction of sp³-hybridized carbons (Fsp3) is 0.250. The normalized spacial score (nSPS) is 14.4. The zero-order valence-corrected chi connectivity index (χ0v) is 11.2. The third-order valence-corrected chi connectivity index (χ3v) is 3.42. The van der Waals surface area contributed by atoms with Gasteiger partial charge in [0.1, 0.15) is 5.82 Å². The number of hydrogen-bond donors (Lipinski definition) is 0. The van der Waals surface area contributed by atoms with Crippen LogP contribution < -0.4 is 0 Å². The van der Waals surface area contributed by atoms with Gasteiger partial charge < -0.3 is 9.47 Å². The number of halogens is 1. The molecule has 1 amide bonds. The molecule has 92 valence electrons. The molecule has 0 saturated heterocycles. The molecule has 1 aliphatic rings. The molecule has 3 heterocycles. The average Bonchev–Trinajstić information content (AvgIpc) is 2.85. The van der Waals surface area contributed by atoms with Crippen molar-refractivity contribution >= 4 is 21.8 Å². The van der Waals surface area contributed by atoms with Crippen LogP contribution in [0.1, 0.15) is 16.2 Å². The second kappa shape index (κ2) is 4.53. The first-order valence-corrected chi connectivity index (χ1v) is 6.43. The Morgan fingerprint density at radius 3 is 3.06 bits per heavy atom. The monoisotopic (exact) mass is 306 g/mol. The first-order chi connectivity index (χ1) is 8.74. The van der Waals surface area contributed by atoms with E-state index in [2.05, 4.69) is 30.5 Å². The molecule has 0 unspecified atom stereocenters. The zero-order valence-electron chi connectivity index (χ0n) is 9.58. The SMILES string of the molecule is O=C(c1cncc(Br)c1)N1CCn2ccnc2C1. The Morgan fingerprint density at radius 1 is 1.33 bits per heavy atom. The Labute approximate surface area is 113 Å². The number of amides is 1. The van der Waals surface area contributed by atoms with Crippen LogP contribution in [0.25, 0.3) is 0 Å². The van der Waals surface area contributed by atoms with Crippen molar-refractivity contribution in [3.63, 3.8) is 0 Å². The summed E-state index contributed by atoms with van der Waals surface area (Å²) in [6.07, 6.45) is 6.97. The summed E-state index contributed by atoms with van der Waals surface area (Å²) < 4.78 is 2.88. The highest BCUT2D eigenvalue weighted by molar-refractivity contribution is 9.10. The minimum atomic E-state index is -0.00181. The van der Waals surface area contributed by atoms with Gasteiger partial charge in [0.2, 0.25) is 0 Å². The molecular weight excluding hydrogens is 296 g/mol. The van der Waals surface area contributed by atoms with Crippen molar-refractivity contribution in [1.29, 1.82) is 0 Å². The number of nitrogens with zero attached hydrogens (tertiary/aromatic N) is 4. The van der Waals surface area contributed by atoms with Crippen LogP contribution in [0.5, 0.6) is 0 Å². The summed E-state index contributed by atoms with van der Waals surface area (Å²) in [6, 6.07) is 1.79. The van der Waals surface area contributed by atoms with Gasteiger partial charge in [-0.15, -0.1) is 0 Å². The maximum absolute atomic E-state index is 12.3.